The molecule has 0 aromatic heterocycles. The second kappa shape index (κ2) is 7.63. The Morgan fingerprint density at radius 1 is 1.00 bits per heavy atom. The molecule has 126 valence electrons. The second-order valence-corrected chi connectivity index (χ2v) is 5.17. The van der Waals surface area contributed by atoms with Crippen molar-refractivity contribution in [2.45, 2.75) is 18.9 Å². The van der Waals surface area contributed by atoms with Gasteiger partial charge in [0.15, 0.2) is 0 Å². The van der Waals surface area contributed by atoms with Crippen LogP contribution < -0.4 is 5.32 Å². The van der Waals surface area contributed by atoms with Crippen LogP contribution in [0.4, 0.5) is 13.2 Å². The summed E-state index contributed by atoms with van der Waals surface area (Å²) >= 11 is 0. The summed E-state index contributed by atoms with van der Waals surface area (Å²) in [5.74, 6) is -4.36. The zero-order chi connectivity index (χ0) is 17.7. The van der Waals surface area contributed by atoms with Gasteiger partial charge in [-0.3, -0.25) is 4.79 Å². The number of hydrogen-bond donors (Lipinski definition) is 2. The maximum atomic E-state index is 13.6. The highest BCUT2D eigenvalue weighted by Crippen LogP contribution is 2.12. The van der Waals surface area contributed by atoms with Gasteiger partial charge in [-0.15, -0.1) is 0 Å². The summed E-state index contributed by atoms with van der Waals surface area (Å²) in [7, 11) is 0. The van der Waals surface area contributed by atoms with E-state index < -0.39 is 41.8 Å². The number of carbonyl (C=O) groups excluding carboxylic acids is 1. The third kappa shape index (κ3) is 4.58. The molecular formula is C17H14F3NO3. The fraction of sp³-hybridized carbons (Fsp3) is 0.176. The largest absolute Gasteiger partial charge is 0.480 e. The molecule has 4 nitrogen and oxygen atoms in total. The molecule has 0 aliphatic rings. The molecule has 2 aromatic rings. The molecule has 24 heavy (non-hydrogen) atoms. The Morgan fingerprint density at radius 2 is 1.71 bits per heavy atom. The average molecular weight is 337 g/mol. The molecule has 7 heteroatoms. The summed E-state index contributed by atoms with van der Waals surface area (Å²) in [4.78, 5) is 23.2. The molecule has 1 atom stereocenters. The number of benzene rings is 2. The second-order valence-electron chi connectivity index (χ2n) is 5.17. The van der Waals surface area contributed by atoms with E-state index in [4.69, 9.17) is 0 Å². The third-order valence-electron chi connectivity index (χ3n) is 3.38. The first kappa shape index (κ1) is 17.5. The number of halogens is 3. The normalized spacial score (nSPS) is 11.8. The van der Waals surface area contributed by atoms with Crippen molar-refractivity contribution in [3.8, 4) is 0 Å². The molecule has 0 fully saturated rings. The molecule has 0 saturated carbocycles. The van der Waals surface area contributed by atoms with E-state index in [1.807, 2.05) is 0 Å². The Kier molecular flexibility index (Phi) is 5.57. The Morgan fingerprint density at radius 3 is 2.33 bits per heavy atom. The smallest absolute Gasteiger partial charge is 0.326 e. The molecule has 2 N–H and O–H groups in total. The van der Waals surface area contributed by atoms with E-state index in [2.05, 4.69) is 5.32 Å². The van der Waals surface area contributed by atoms with Crippen molar-refractivity contribution in [2.75, 3.05) is 0 Å². The Labute approximate surface area is 135 Å². The van der Waals surface area contributed by atoms with Crippen LogP contribution in [0.5, 0.6) is 0 Å². The third-order valence-corrected chi connectivity index (χ3v) is 3.38. The van der Waals surface area contributed by atoms with Crippen molar-refractivity contribution in [1.29, 1.82) is 0 Å². The molecule has 0 saturated heterocycles. The van der Waals surface area contributed by atoms with Crippen LogP contribution in [0.15, 0.2) is 42.5 Å². The number of carboxylic acids is 1. The summed E-state index contributed by atoms with van der Waals surface area (Å²) in [6.07, 6.45) is -0.702. The van der Waals surface area contributed by atoms with Gasteiger partial charge in [-0.2, -0.15) is 0 Å². The molecule has 0 aliphatic heterocycles. The van der Waals surface area contributed by atoms with E-state index in [0.29, 0.717) is 6.07 Å². The summed E-state index contributed by atoms with van der Waals surface area (Å²) in [6.45, 7) is 0. The predicted molar refractivity (Wildman–Crippen MR) is 79.7 cm³/mol. The number of rotatable bonds is 6. The fourth-order valence-corrected chi connectivity index (χ4v) is 2.17. The van der Waals surface area contributed by atoms with Crippen LogP contribution in [0.1, 0.15) is 11.1 Å². The number of carboxylic acid groups (broad SMARTS) is 1. The Balaban J connectivity index is 2.06. The van der Waals surface area contributed by atoms with Crippen LogP contribution >= 0.6 is 0 Å². The quantitative estimate of drug-likeness (QED) is 0.851. The van der Waals surface area contributed by atoms with Gasteiger partial charge in [0.2, 0.25) is 5.91 Å². The van der Waals surface area contributed by atoms with E-state index in [1.165, 1.54) is 18.2 Å². The standard InChI is InChI=1S/C17H14F3NO3/c18-12-6-5-11(14(20)9-12)8-16(22)21-15(17(23)24)7-10-3-1-2-4-13(10)19/h1-6,9,15H,7-8H2,(H,21,22)(H,23,24)/t15-/m0/s1. The van der Waals surface area contributed by atoms with Crippen LogP contribution in [-0.4, -0.2) is 23.0 Å². The zero-order valence-corrected chi connectivity index (χ0v) is 12.4. The minimum Gasteiger partial charge on any atom is -0.480 e. The van der Waals surface area contributed by atoms with E-state index in [-0.39, 0.29) is 17.5 Å². The first-order valence-corrected chi connectivity index (χ1v) is 7.06. The minimum absolute atomic E-state index is 0.0658. The van der Waals surface area contributed by atoms with Crippen molar-refractivity contribution >= 4 is 11.9 Å². The van der Waals surface area contributed by atoms with Crippen LogP contribution in [0.2, 0.25) is 0 Å². The van der Waals surface area contributed by atoms with Gasteiger partial charge in [-0.05, 0) is 23.3 Å². The minimum atomic E-state index is -1.36. The predicted octanol–water partition coefficient (Wildman–Crippen LogP) is 2.46. The van der Waals surface area contributed by atoms with E-state index in [1.54, 1.807) is 6.07 Å². The van der Waals surface area contributed by atoms with Gasteiger partial charge in [-0.25, -0.2) is 18.0 Å². The summed E-state index contributed by atoms with van der Waals surface area (Å²) in [5.41, 5.74) is 0.0714. The molecule has 0 heterocycles. The summed E-state index contributed by atoms with van der Waals surface area (Å²) in [5, 5.41) is 11.4. The van der Waals surface area contributed by atoms with Gasteiger partial charge in [0.1, 0.15) is 23.5 Å². The first-order valence-electron chi connectivity index (χ1n) is 7.06. The van der Waals surface area contributed by atoms with Gasteiger partial charge in [0.25, 0.3) is 0 Å². The van der Waals surface area contributed by atoms with Gasteiger partial charge in [0.05, 0.1) is 6.42 Å². The highest BCUT2D eigenvalue weighted by Gasteiger charge is 2.22. The van der Waals surface area contributed by atoms with Crippen LogP contribution in [0.3, 0.4) is 0 Å². The van der Waals surface area contributed by atoms with Crippen molar-refractivity contribution < 1.29 is 27.9 Å². The molecule has 2 rings (SSSR count). The van der Waals surface area contributed by atoms with Crippen LogP contribution in [0, 0.1) is 17.5 Å². The molecule has 1 amide bonds. The number of aliphatic carboxylic acids is 1. The van der Waals surface area contributed by atoms with Crippen molar-refractivity contribution in [3.63, 3.8) is 0 Å². The fourth-order valence-electron chi connectivity index (χ4n) is 2.17. The van der Waals surface area contributed by atoms with E-state index >= 15 is 0 Å². The SMILES string of the molecule is O=C(Cc1ccc(F)cc1F)N[C@@H](Cc1ccccc1F)C(=O)O. The summed E-state index contributed by atoms with van der Waals surface area (Å²) < 4.78 is 39.9. The number of amides is 1. The van der Waals surface area contributed by atoms with Gasteiger partial charge in [-0.1, -0.05) is 24.3 Å². The van der Waals surface area contributed by atoms with Crippen LogP contribution in [-0.2, 0) is 22.4 Å². The first-order chi connectivity index (χ1) is 11.4. The lowest BCUT2D eigenvalue weighted by atomic mass is 10.0. The van der Waals surface area contributed by atoms with Crippen molar-refractivity contribution in [1.82, 2.24) is 5.32 Å². The highest BCUT2D eigenvalue weighted by molar-refractivity contribution is 5.85. The Hall–Kier alpha value is -2.83. The van der Waals surface area contributed by atoms with Crippen LogP contribution in [0.25, 0.3) is 0 Å². The monoisotopic (exact) mass is 337 g/mol. The lowest BCUT2D eigenvalue weighted by Crippen LogP contribution is -2.43. The molecule has 0 radical (unpaired) electrons. The summed E-state index contributed by atoms with van der Waals surface area (Å²) in [6, 6.07) is 6.99. The number of nitrogens with one attached hydrogen (secondary N) is 1. The lowest BCUT2D eigenvalue weighted by Gasteiger charge is -2.15. The average Bonchev–Trinajstić information content (AvgIpc) is 2.51. The van der Waals surface area contributed by atoms with Gasteiger partial charge >= 0.3 is 5.97 Å². The highest BCUT2D eigenvalue weighted by atomic mass is 19.1. The topological polar surface area (TPSA) is 66.4 Å². The van der Waals surface area contributed by atoms with E-state index in [0.717, 1.165) is 12.1 Å². The van der Waals surface area contributed by atoms with Crippen molar-refractivity contribution in [3.05, 3.63) is 71.0 Å². The maximum absolute atomic E-state index is 13.6. The van der Waals surface area contributed by atoms with Gasteiger partial charge in [0, 0.05) is 12.5 Å². The lowest BCUT2D eigenvalue weighted by molar-refractivity contribution is -0.141. The molecule has 2 aromatic carbocycles. The zero-order valence-electron chi connectivity index (χ0n) is 12.4. The Bertz CT molecular complexity index is 764. The van der Waals surface area contributed by atoms with Gasteiger partial charge < -0.3 is 10.4 Å². The molecule has 0 aliphatic carbocycles. The van der Waals surface area contributed by atoms with E-state index in [9.17, 15) is 27.9 Å². The number of hydrogen-bond acceptors (Lipinski definition) is 2. The molecular weight excluding hydrogens is 323 g/mol. The number of carbonyl (C=O) groups is 2. The molecule has 0 spiro atoms. The maximum Gasteiger partial charge on any atom is 0.326 e. The molecule has 0 bridgehead atoms. The molecule has 0 unspecified atom stereocenters. The van der Waals surface area contributed by atoms with Crippen molar-refractivity contribution in [2.24, 2.45) is 0 Å².